The molecule has 0 radical (unpaired) electrons. The number of nitrogens with zero attached hydrogens (tertiary/aromatic N) is 3. The molecule has 1 aromatic heterocycles. The Kier molecular flexibility index (Phi) is 3.77. The Morgan fingerprint density at radius 2 is 2.13 bits per heavy atom. The number of primary sulfonamides is 1. The summed E-state index contributed by atoms with van der Waals surface area (Å²) in [5, 5.41) is 12.1. The zero-order chi connectivity index (χ0) is 11.5. The van der Waals surface area contributed by atoms with Crippen LogP contribution in [0.5, 0.6) is 0 Å². The molecule has 0 saturated heterocycles. The zero-order valence-electron chi connectivity index (χ0n) is 8.67. The third-order valence-corrected chi connectivity index (χ3v) is 2.58. The van der Waals surface area contributed by atoms with E-state index in [1.807, 2.05) is 6.92 Å². The molecule has 1 rings (SSSR count). The van der Waals surface area contributed by atoms with E-state index in [4.69, 9.17) is 9.88 Å². The summed E-state index contributed by atoms with van der Waals surface area (Å²) in [5.41, 5.74) is 0. The predicted molar refractivity (Wildman–Crippen MR) is 52.4 cm³/mol. The summed E-state index contributed by atoms with van der Waals surface area (Å²) >= 11 is 0. The number of ether oxygens (including phenoxy) is 1. The van der Waals surface area contributed by atoms with Gasteiger partial charge >= 0.3 is 0 Å². The maximum absolute atomic E-state index is 11.2. The van der Waals surface area contributed by atoms with Crippen molar-refractivity contribution in [3.63, 3.8) is 0 Å². The van der Waals surface area contributed by atoms with E-state index < -0.39 is 10.0 Å². The van der Waals surface area contributed by atoms with E-state index in [0.29, 0.717) is 12.4 Å². The minimum Gasteiger partial charge on any atom is -0.377 e. The van der Waals surface area contributed by atoms with Gasteiger partial charge in [0.05, 0.1) is 0 Å². The van der Waals surface area contributed by atoms with Crippen molar-refractivity contribution < 1.29 is 13.2 Å². The molecule has 0 aromatic carbocycles. The van der Waals surface area contributed by atoms with Crippen LogP contribution < -0.4 is 5.14 Å². The standard InChI is InChI=1S/C7H14N4O3S/c1-3-4-11-6(5-14-2)9-10-7(11)15(8,12)13/h3-5H2,1-2H3,(H2,8,12,13). The highest BCUT2D eigenvalue weighted by atomic mass is 32.2. The molecule has 8 heteroatoms. The molecule has 0 bridgehead atoms. The zero-order valence-corrected chi connectivity index (χ0v) is 9.49. The first kappa shape index (κ1) is 12.1. The highest BCUT2D eigenvalue weighted by Gasteiger charge is 2.20. The average Bonchev–Trinajstić information content (AvgIpc) is 2.49. The van der Waals surface area contributed by atoms with Gasteiger partial charge in [-0.3, -0.25) is 4.57 Å². The molecule has 0 spiro atoms. The average molecular weight is 234 g/mol. The number of aromatic nitrogens is 3. The van der Waals surface area contributed by atoms with Crippen molar-refractivity contribution in [3.05, 3.63) is 5.82 Å². The van der Waals surface area contributed by atoms with Crippen LogP contribution >= 0.6 is 0 Å². The van der Waals surface area contributed by atoms with Gasteiger partial charge in [0.2, 0.25) is 0 Å². The fraction of sp³-hybridized carbons (Fsp3) is 0.714. The molecule has 15 heavy (non-hydrogen) atoms. The van der Waals surface area contributed by atoms with E-state index in [9.17, 15) is 8.42 Å². The van der Waals surface area contributed by atoms with Crippen molar-refractivity contribution in [2.24, 2.45) is 5.14 Å². The molecule has 0 aliphatic heterocycles. The second kappa shape index (κ2) is 4.69. The number of rotatable bonds is 5. The highest BCUT2D eigenvalue weighted by Crippen LogP contribution is 2.08. The van der Waals surface area contributed by atoms with Crippen LogP contribution in [0.15, 0.2) is 5.16 Å². The van der Waals surface area contributed by atoms with E-state index in [-0.39, 0.29) is 11.8 Å². The summed E-state index contributed by atoms with van der Waals surface area (Å²) in [7, 11) is -2.32. The lowest BCUT2D eigenvalue weighted by molar-refractivity contribution is 0.173. The number of sulfonamides is 1. The van der Waals surface area contributed by atoms with Crippen molar-refractivity contribution in [3.8, 4) is 0 Å². The van der Waals surface area contributed by atoms with Crippen LogP contribution in [-0.2, 0) is 27.9 Å². The molecule has 0 aliphatic carbocycles. The SMILES string of the molecule is CCCn1c(COC)nnc1S(N)(=O)=O. The van der Waals surface area contributed by atoms with E-state index >= 15 is 0 Å². The van der Waals surface area contributed by atoms with E-state index in [2.05, 4.69) is 10.2 Å². The van der Waals surface area contributed by atoms with Gasteiger partial charge in [0.1, 0.15) is 6.61 Å². The molecule has 0 atom stereocenters. The van der Waals surface area contributed by atoms with Crippen LogP contribution in [0.4, 0.5) is 0 Å². The van der Waals surface area contributed by atoms with Crippen LogP contribution in [0.2, 0.25) is 0 Å². The molecule has 0 aliphatic rings. The third-order valence-electron chi connectivity index (χ3n) is 1.77. The Morgan fingerprint density at radius 3 is 2.60 bits per heavy atom. The van der Waals surface area contributed by atoms with Crippen LogP contribution in [0.1, 0.15) is 19.2 Å². The molecular formula is C7H14N4O3S. The van der Waals surface area contributed by atoms with E-state index in [1.54, 1.807) is 0 Å². The van der Waals surface area contributed by atoms with Gasteiger partial charge in [-0.15, -0.1) is 10.2 Å². The van der Waals surface area contributed by atoms with Crippen LogP contribution in [0.25, 0.3) is 0 Å². The first-order chi connectivity index (χ1) is 7.00. The van der Waals surface area contributed by atoms with E-state index in [1.165, 1.54) is 11.7 Å². The van der Waals surface area contributed by atoms with Gasteiger partial charge in [0.15, 0.2) is 5.82 Å². The summed E-state index contributed by atoms with van der Waals surface area (Å²) in [4.78, 5) is 0. The lowest BCUT2D eigenvalue weighted by atomic mass is 10.4. The summed E-state index contributed by atoms with van der Waals surface area (Å²) in [5.74, 6) is 0.461. The fourth-order valence-corrected chi connectivity index (χ4v) is 1.87. The minimum absolute atomic E-state index is 0.211. The summed E-state index contributed by atoms with van der Waals surface area (Å²) in [6.45, 7) is 2.63. The molecule has 0 fully saturated rings. The fourth-order valence-electron chi connectivity index (χ4n) is 1.21. The number of hydrogen-bond acceptors (Lipinski definition) is 5. The quantitative estimate of drug-likeness (QED) is 0.739. The predicted octanol–water partition coefficient (Wildman–Crippen LogP) is -0.518. The van der Waals surface area contributed by atoms with Gasteiger partial charge in [-0.2, -0.15) is 0 Å². The Morgan fingerprint density at radius 1 is 1.47 bits per heavy atom. The summed E-state index contributed by atoms with van der Waals surface area (Å²) in [6, 6.07) is 0. The smallest absolute Gasteiger partial charge is 0.273 e. The summed E-state index contributed by atoms with van der Waals surface area (Å²) < 4.78 is 28.7. The van der Waals surface area contributed by atoms with Crippen molar-refractivity contribution >= 4 is 10.0 Å². The van der Waals surface area contributed by atoms with Gasteiger partial charge in [-0.25, -0.2) is 13.6 Å². The Bertz CT molecular complexity index is 425. The highest BCUT2D eigenvalue weighted by molar-refractivity contribution is 7.89. The molecule has 0 amide bonds. The first-order valence-corrected chi connectivity index (χ1v) is 5.99. The number of hydrogen-bond donors (Lipinski definition) is 1. The molecule has 0 saturated carbocycles. The monoisotopic (exact) mass is 234 g/mol. The summed E-state index contributed by atoms with van der Waals surface area (Å²) in [6.07, 6.45) is 0.761. The first-order valence-electron chi connectivity index (χ1n) is 4.44. The van der Waals surface area contributed by atoms with Gasteiger partial charge in [0.25, 0.3) is 15.2 Å². The van der Waals surface area contributed by atoms with Gasteiger partial charge < -0.3 is 4.74 Å². The number of nitrogens with two attached hydrogens (primary N) is 1. The molecular weight excluding hydrogens is 220 g/mol. The normalized spacial score (nSPS) is 11.9. The topological polar surface area (TPSA) is 100 Å². The number of methoxy groups -OCH3 is 1. The molecule has 7 nitrogen and oxygen atoms in total. The Labute approximate surface area is 88.3 Å². The van der Waals surface area contributed by atoms with Crippen molar-refractivity contribution in [2.75, 3.05) is 7.11 Å². The molecule has 1 aromatic rings. The van der Waals surface area contributed by atoms with Gasteiger partial charge in [0, 0.05) is 13.7 Å². The Balaban J connectivity index is 3.17. The maximum Gasteiger partial charge on any atom is 0.273 e. The lowest BCUT2D eigenvalue weighted by Gasteiger charge is -2.06. The molecule has 0 unspecified atom stereocenters. The molecule has 86 valence electrons. The van der Waals surface area contributed by atoms with Crippen LogP contribution in [0, 0.1) is 0 Å². The van der Waals surface area contributed by atoms with Gasteiger partial charge in [-0.05, 0) is 6.42 Å². The maximum atomic E-state index is 11.2. The van der Waals surface area contributed by atoms with Crippen LogP contribution in [-0.4, -0.2) is 30.3 Å². The second-order valence-electron chi connectivity index (χ2n) is 3.03. The minimum atomic E-state index is -3.82. The molecule has 2 N–H and O–H groups in total. The van der Waals surface area contributed by atoms with Crippen molar-refractivity contribution in [1.82, 2.24) is 14.8 Å². The van der Waals surface area contributed by atoms with Gasteiger partial charge in [-0.1, -0.05) is 6.92 Å². The lowest BCUT2D eigenvalue weighted by Crippen LogP contribution is -2.19. The molecule has 1 heterocycles. The largest absolute Gasteiger partial charge is 0.377 e. The van der Waals surface area contributed by atoms with E-state index in [0.717, 1.165) is 6.42 Å². The van der Waals surface area contributed by atoms with Crippen LogP contribution in [0.3, 0.4) is 0 Å². The van der Waals surface area contributed by atoms with Crippen molar-refractivity contribution in [1.29, 1.82) is 0 Å². The second-order valence-corrected chi connectivity index (χ2v) is 4.48. The third kappa shape index (κ3) is 2.74. The Hall–Kier alpha value is -0.990. The van der Waals surface area contributed by atoms with Crippen molar-refractivity contribution in [2.45, 2.75) is 31.7 Å².